The minimum Gasteiger partial charge on any atom is -0.497 e. The molecule has 1 fully saturated rings. The summed E-state index contributed by atoms with van der Waals surface area (Å²) in [6, 6.07) is 11.4. The van der Waals surface area contributed by atoms with Crippen molar-refractivity contribution in [2.45, 2.75) is 6.10 Å². The first-order chi connectivity index (χ1) is 12.2. The second-order valence-electron chi connectivity index (χ2n) is 6.03. The number of hydrogen-bond acceptors (Lipinski definition) is 4. The number of amides is 1. The third kappa shape index (κ3) is 3.08. The van der Waals surface area contributed by atoms with Crippen LogP contribution in [0.25, 0.3) is 10.9 Å². The normalized spacial score (nSPS) is 17.6. The number of nitrogens with zero attached hydrogens (tertiary/aromatic N) is 2. The molecule has 25 heavy (non-hydrogen) atoms. The van der Waals surface area contributed by atoms with Crippen molar-refractivity contribution in [3.05, 3.63) is 60.0 Å². The summed E-state index contributed by atoms with van der Waals surface area (Å²) in [5, 5.41) is 0.958. The van der Waals surface area contributed by atoms with Gasteiger partial charge in [-0.3, -0.25) is 9.78 Å². The molecule has 1 aliphatic rings. The van der Waals surface area contributed by atoms with Crippen LogP contribution in [0.1, 0.15) is 22.2 Å². The highest BCUT2D eigenvalue weighted by Crippen LogP contribution is 2.25. The maximum absolute atomic E-state index is 12.9. The van der Waals surface area contributed by atoms with E-state index in [1.807, 2.05) is 41.3 Å². The summed E-state index contributed by atoms with van der Waals surface area (Å²) in [7, 11) is 1.63. The highest BCUT2D eigenvalue weighted by atomic mass is 16.5. The lowest BCUT2D eigenvalue weighted by molar-refractivity contribution is -0.0231. The molecule has 1 N–H and O–H groups in total. The van der Waals surface area contributed by atoms with Crippen LogP contribution in [0.15, 0.2) is 48.8 Å². The third-order valence-corrected chi connectivity index (χ3v) is 4.47. The maximum atomic E-state index is 12.9. The quantitative estimate of drug-likeness (QED) is 0.798. The lowest BCUT2D eigenvalue weighted by atomic mass is 10.1. The van der Waals surface area contributed by atoms with Crippen LogP contribution in [0.2, 0.25) is 0 Å². The van der Waals surface area contributed by atoms with Gasteiger partial charge in [-0.15, -0.1) is 0 Å². The van der Waals surface area contributed by atoms with E-state index in [1.165, 1.54) is 0 Å². The molecule has 0 radical (unpaired) electrons. The van der Waals surface area contributed by atoms with E-state index >= 15 is 0 Å². The van der Waals surface area contributed by atoms with E-state index < -0.39 is 0 Å². The number of rotatable bonds is 3. The molecule has 1 aliphatic heterocycles. The fourth-order valence-corrected chi connectivity index (χ4v) is 3.13. The van der Waals surface area contributed by atoms with Crippen molar-refractivity contribution >= 4 is 16.8 Å². The Hall–Kier alpha value is -2.86. The van der Waals surface area contributed by atoms with Crippen LogP contribution in [0.4, 0.5) is 0 Å². The van der Waals surface area contributed by atoms with Gasteiger partial charge in [0, 0.05) is 35.4 Å². The van der Waals surface area contributed by atoms with Crippen molar-refractivity contribution in [2.75, 3.05) is 26.8 Å². The van der Waals surface area contributed by atoms with E-state index in [1.54, 1.807) is 19.5 Å². The van der Waals surface area contributed by atoms with Gasteiger partial charge in [0.1, 0.15) is 17.5 Å². The third-order valence-electron chi connectivity index (χ3n) is 4.47. The Balaban J connectivity index is 1.56. The molecule has 1 unspecified atom stereocenters. The number of aromatic amines is 1. The smallest absolute Gasteiger partial charge is 0.270 e. The van der Waals surface area contributed by atoms with E-state index in [9.17, 15) is 4.79 Å². The zero-order valence-corrected chi connectivity index (χ0v) is 13.9. The molecular formula is C19H19N3O3. The average molecular weight is 337 g/mol. The SMILES string of the molecule is COc1ccc2[nH]c(C(=O)N3CCOC(c4cccnc4)C3)cc2c1. The Bertz CT molecular complexity index is 891. The first-order valence-corrected chi connectivity index (χ1v) is 8.22. The van der Waals surface area contributed by atoms with Crippen LogP contribution in [0.3, 0.4) is 0 Å². The molecule has 6 heteroatoms. The van der Waals surface area contributed by atoms with Gasteiger partial charge in [-0.25, -0.2) is 0 Å². The number of nitrogens with one attached hydrogen (secondary N) is 1. The van der Waals surface area contributed by atoms with Gasteiger partial charge < -0.3 is 19.4 Å². The molecule has 0 aliphatic carbocycles. The molecule has 4 rings (SSSR count). The molecule has 128 valence electrons. The highest BCUT2D eigenvalue weighted by Gasteiger charge is 2.27. The van der Waals surface area contributed by atoms with Gasteiger partial charge in [0.05, 0.1) is 20.3 Å². The molecule has 0 saturated carbocycles. The fraction of sp³-hybridized carbons (Fsp3) is 0.263. The van der Waals surface area contributed by atoms with Crippen molar-refractivity contribution in [3.63, 3.8) is 0 Å². The fourth-order valence-electron chi connectivity index (χ4n) is 3.13. The Kier molecular flexibility index (Phi) is 4.11. The summed E-state index contributed by atoms with van der Waals surface area (Å²) in [6.07, 6.45) is 3.37. The Morgan fingerprint density at radius 3 is 3.08 bits per heavy atom. The monoisotopic (exact) mass is 337 g/mol. The van der Waals surface area contributed by atoms with Crippen molar-refractivity contribution in [2.24, 2.45) is 0 Å². The molecule has 6 nitrogen and oxygen atoms in total. The number of methoxy groups -OCH3 is 1. The number of morpholine rings is 1. The maximum Gasteiger partial charge on any atom is 0.270 e. The summed E-state index contributed by atoms with van der Waals surface area (Å²) in [6.45, 7) is 1.61. The molecule has 0 bridgehead atoms. The first-order valence-electron chi connectivity index (χ1n) is 8.22. The number of ether oxygens (including phenoxy) is 2. The van der Waals surface area contributed by atoms with E-state index in [0.29, 0.717) is 25.4 Å². The van der Waals surface area contributed by atoms with Gasteiger partial charge in [-0.05, 0) is 30.3 Å². The van der Waals surface area contributed by atoms with Crippen LogP contribution < -0.4 is 4.74 Å². The number of carbonyl (C=O) groups is 1. The van der Waals surface area contributed by atoms with Crippen molar-refractivity contribution in [1.82, 2.24) is 14.9 Å². The van der Waals surface area contributed by atoms with Gasteiger partial charge in [0.15, 0.2) is 0 Å². The van der Waals surface area contributed by atoms with Crippen molar-refractivity contribution < 1.29 is 14.3 Å². The highest BCUT2D eigenvalue weighted by molar-refractivity contribution is 5.98. The summed E-state index contributed by atoms with van der Waals surface area (Å²) < 4.78 is 11.0. The average Bonchev–Trinajstić information content (AvgIpc) is 3.11. The zero-order chi connectivity index (χ0) is 17.2. The van der Waals surface area contributed by atoms with Crippen LogP contribution in [-0.4, -0.2) is 47.6 Å². The Labute approximate surface area is 145 Å². The van der Waals surface area contributed by atoms with E-state index in [-0.39, 0.29) is 12.0 Å². The lowest BCUT2D eigenvalue weighted by Gasteiger charge is -2.32. The molecule has 3 aromatic rings. The molecular weight excluding hydrogens is 318 g/mol. The predicted octanol–water partition coefficient (Wildman–Crippen LogP) is 2.79. The Morgan fingerprint density at radius 2 is 2.28 bits per heavy atom. The standard InChI is InChI=1S/C19H19N3O3/c1-24-15-4-5-16-14(9-15)10-17(21-16)19(23)22-7-8-25-18(12-22)13-3-2-6-20-11-13/h2-6,9-11,18,21H,7-8,12H2,1H3. The molecule has 1 aromatic carbocycles. The molecule has 1 amide bonds. The number of H-pyrrole nitrogens is 1. The van der Waals surface area contributed by atoms with Crippen LogP contribution in [0, 0.1) is 0 Å². The van der Waals surface area contributed by atoms with Crippen LogP contribution in [-0.2, 0) is 4.74 Å². The summed E-state index contributed by atoms with van der Waals surface area (Å²) >= 11 is 0. The van der Waals surface area contributed by atoms with Crippen molar-refractivity contribution in [3.8, 4) is 5.75 Å². The lowest BCUT2D eigenvalue weighted by Crippen LogP contribution is -2.42. The molecule has 1 saturated heterocycles. The van der Waals surface area contributed by atoms with E-state index in [0.717, 1.165) is 22.2 Å². The van der Waals surface area contributed by atoms with E-state index in [4.69, 9.17) is 9.47 Å². The van der Waals surface area contributed by atoms with Crippen LogP contribution >= 0.6 is 0 Å². The van der Waals surface area contributed by atoms with Gasteiger partial charge in [0.2, 0.25) is 0 Å². The van der Waals surface area contributed by atoms with Gasteiger partial charge in [-0.2, -0.15) is 0 Å². The Morgan fingerprint density at radius 1 is 1.36 bits per heavy atom. The number of carbonyl (C=O) groups excluding carboxylic acids is 1. The minimum absolute atomic E-state index is 0.0210. The molecule has 3 heterocycles. The molecule has 0 spiro atoms. The van der Waals surface area contributed by atoms with Gasteiger partial charge in [0.25, 0.3) is 5.91 Å². The summed E-state index contributed by atoms with van der Waals surface area (Å²) in [4.78, 5) is 22.0. The topological polar surface area (TPSA) is 67.5 Å². The largest absolute Gasteiger partial charge is 0.497 e. The molecule has 1 atom stereocenters. The minimum atomic E-state index is -0.143. The summed E-state index contributed by atoms with van der Waals surface area (Å²) in [5.74, 6) is 0.751. The molecule has 2 aromatic heterocycles. The number of hydrogen-bond donors (Lipinski definition) is 1. The first kappa shape index (κ1) is 15.7. The van der Waals surface area contributed by atoms with E-state index in [2.05, 4.69) is 9.97 Å². The number of benzene rings is 1. The second-order valence-corrected chi connectivity index (χ2v) is 6.03. The van der Waals surface area contributed by atoms with Gasteiger partial charge in [-0.1, -0.05) is 6.07 Å². The number of fused-ring (bicyclic) bond motifs is 1. The zero-order valence-electron chi connectivity index (χ0n) is 13.9. The van der Waals surface area contributed by atoms with Crippen molar-refractivity contribution in [1.29, 1.82) is 0 Å². The predicted molar refractivity (Wildman–Crippen MR) is 93.7 cm³/mol. The number of pyridine rings is 1. The van der Waals surface area contributed by atoms with Crippen LogP contribution in [0.5, 0.6) is 5.75 Å². The summed E-state index contributed by atoms with van der Waals surface area (Å²) in [5.41, 5.74) is 2.48. The number of aromatic nitrogens is 2. The second kappa shape index (κ2) is 6.57. The van der Waals surface area contributed by atoms with Gasteiger partial charge >= 0.3 is 0 Å².